The van der Waals surface area contributed by atoms with E-state index in [2.05, 4.69) is 18.2 Å². The fourth-order valence-corrected chi connectivity index (χ4v) is 2.58. The minimum Gasteiger partial charge on any atom is -0.363 e. The molecule has 22 heavy (non-hydrogen) atoms. The van der Waals surface area contributed by atoms with Crippen molar-refractivity contribution in [2.45, 2.75) is 39.9 Å². The zero-order valence-corrected chi connectivity index (χ0v) is 13.6. The average molecular weight is 301 g/mol. The van der Waals surface area contributed by atoms with E-state index < -0.39 is 6.10 Å². The second-order valence-electron chi connectivity index (χ2n) is 6.72. The Balaban J connectivity index is 2.29. The Bertz CT molecular complexity index is 655. The molecule has 0 aliphatic rings. The molecule has 2 rings (SSSR count). The normalized spacial score (nSPS) is 14.7. The monoisotopic (exact) mass is 301 g/mol. The van der Waals surface area contributed by atoms with Gasteiger partial charge in [-0.15, -0.1) is 0 Å². The van der Waals surface area contributed by atoms with Gasteiger partial charge in [-0.1, -0.05) is 63.2 Å². The van der Waals surface area contributed by atoms with Crippen LogP contribution in [0.5, 0.6) is 0 Å². The molecule has 2 aromatic carbocycles. The van der Waals surface area contributed by atoms with Gasteiger partial charge in [-0.25, -0.2) is 0 Å². The fourth-order valence-electron chi connectivity index (χ4n) is 2.58. The van der Waals surface area contributed by atoms with Crippen molar-refractivity contribution in [3.63, 3.8) is 0 Å². The summed E-state index contributed by atoms with van der Waals surface area (Å²) >= 11 is 0. The van der Waals surface area contributed by atoms with Gasteiger partial charge in [-0.3, -0.25) is 10.1 Å². The van der Waals surface area contributed by atoms with Gasteiger partial charge in [0.25, 0.3) is 0 Å². The average Bonchev–Trinajstić information content (AvgIpc) is 2.44. The van der Waals surface area contributed by atoms with Crippen LogP contribution < -0.4 is 0 Å². The molecule has 0 aliphatic carbocycles. The largest absolute Gasteiger partial charge is 0.363 e. The molecule has 0 amide bonds. The van der Waals surface area contributed by atoms with E-state index in [0.29, 0.717) is 0 Å². The van der Waals surface area contributed by atoms with Crippen molar-refractivity contribution in [3.8, 4) is 0 Å². The summed E-state index contributed by atoms with van der Waals surface area (Å²) in [6, 6.07) is 14.2. The van der Waals surface area contributed by atoms with Gasteiger partial charge >= 0.3 is 0 Å². The first kappa shape index (κ1) is 16.4. The highest BCUT2D eigenvalue weighted by Crippen LogP contribution is 2.31. The van der Waals surface area contributed by atoms with E-state index in [1.54, 1.807) is 0 Å². The Kier molecular flexibility index (Phi) is 4.81. The summed E-state index contributed by atoms with van der Waals surface area (Å²) in [5.74, 6) is 0. The van der Waals surface area contributed by atoms with Crippen LogP contribution in [0.1, 0.15) is 39.4 Å². The van der Waals surface area contributed by atoms with Crippen molar-refractivity contribution in [2.24, 2.45) is 5.41 Å². The Morgan fingerprint density at radius 3 is 2.41 bits per heavy atom. The highest BCUT2D eigenvalue weighted by molar-refractivity contribution is 5.85. The Hall–Kier alpha value is -1.94. The highest BCUT2D eigenvalue weighted by Gasteiger charge is 2.32. The molecule has 0 fully saturated rings. The molecular formula is C18H23NO3. The van der Waals surface area contributed by atoms with Crippen LogP contribution in [0, 0.1) is 15.5 Å². The second-order valence-corrected chi connectivity index (χ2v) is 6.72. The van der Waals surface area contributed by atoms with Crippen LogP contribution in [0.15, 0.2) is 42.5 Å². The minimum atomic E-state index is -0.434. The third-order valence-electron chi connectivity index (χ3n) is 3.91. The Morgan fingerprint density at radius 1 is 1.14 bits per heavy atom. The molecule has 0 aromatic heterocycles. The molecule has 0 bridgehead atoms. The maximum absolute atomic E-state index is 10.9. The maximum atomic E-state index is 10.9. The van der Waals surface area contributed by atoms with Crippen molar-refractivity contribution < 1.29 is 9.66 Å². The van der Waals surface area contributed by atoms with E-state index in [1.807, 2.05) is 52.0 Å². The van der Waals surface area contributed by atoms with Gasteiger partial charge in [-0.2, -0.15) is 0 Å². The van der Waals surface area contributed by atoms with Gasteiger partial charge in [-0.05, 0) is 28.7 Å². The number of fused-ring (bicyclic) bond motifs is 1. The molecule has 0 radical (unpaired) electrons. The van der Waals surface area contributed by atoms with Crippen molar-refractivity contribution in [3.05, 3.63) is 58.1 Å². The summed E-state index contributed by atoms with van der Waals surface area (Å²) in [5.41, 5.74) is 0.780. The molecule has 2 aromatic rings. The van der Waals surface area contributed by atoms with Crippen LogP contribution in [-0.4, -0.2) is 17.6 Å². The number of hydrogen-bond donors (Lipinski definition) is 0. The number of rotatable bonds is 5. The lowest BCUT2D eigenvalue weighted by molar-refractivity contribution is -0.496. The SMILES string of the molecule is CC(OC(C[N+](=O)[O-])C(C)(C)C)c1cccc2ccccc12. The lowest BCUT2D eigenvalue weighted by Gasteiger charge is -2.30. The zero-order valence-electron chi connectivity index (χ0n) is 13.6. The number of ether oxygens (including phenoxy) is 1. The predicted octanol–water partition coefficient (Wildman–Crippen LogP) is 4.61. The molecule has 0 saturated carbocycles. The minimum absolute atomic E-state index is 0.182. The molecule has 0 aliphatic heterocycles. The van der Waals surface area contributed by atoms with Crippen LogP contribution in [0.4, 0.5) is 0 Å². The first-order valence-corrected chi connectivity index (χ1v) is 7.54. The van der Waals surface area contributed by atoms with Gasteiger partial charge in [0.2, 0.25) is 6.54 Å². The maximum Gasteiger partial charge on any atom is 0.230 e. The van der Waals surface area contributed by atoms with Gasteiger partial charge in [0.15, 0.2) is 0 Å². The number of nitrogens with zero attached hydrogens (tertiary/aromatic N) is 1. The van der Waals surface area contributed by atoms with Crippen molar-refractivity contribution in [2.75, 3.05) is 6.54 Å². The summed E-state index contributed by atoms with van der Waals surface area (Å²) in [7, 11) is 0. The van der Waals surface area contributed by atoms with E-state index >= 15 is 0 Å². The van der Waals surface area contributed by atoms with E-state index in [9.17, 15) is 10.1 Å². The Labute approximate surface area is 131 Å². The van der Waals surface area contributed by atoms with E-state index in [0.717, 1.165) is 16.3 Å². The number of hydrogen-bond acceptors (Lipinski definition) is 3. The van der Waals surface area contributed by atoms with Crippen LogP contribution in [0.2, 0.25) is 0 Å². The first-order chi connectivity index (χ1) is 10.3. The molecule has 2 unspecified atom stereocenters. The zero-order chi connectivity index (χ0) is 16.3. The molecule has 0 spiro atoms. The van der Waals surface area contributed by atoms with Crippen LogP contribution in [0.3, 0.4) is 0 Å². The molecule has 0 N–H and O–H groups in total. The molecular weight excluding hydrogens is 278 g/mol. The van der Waals surface area contributed by atoms with Crippen molar-refractivity contribution in [1.82, 2.24) is 0 Å². The molecule has 0 saturated heterocycles. The Morgan fingerprint density at radius 2 is 1.77 bits per heavy atom. The van der Waals surface area contributed by atoms with Gasteiger partial charge in [0.05, 0.1) is 6.10 Å². The van der Waals surface area contributed by atoms with Gasteiger partial charge in [0, 0.05) is 4.92 Å². The van der Waals surface area contributed by atoms with Crippen molar-refractivity contribution in [1.29, 1.82) is 0 Å². The highest BCUT2D eigenvalue weighted by atomic mass is 16.6. The molecule has 2 atom stereocenters. The lowest BCUT2D eigenvalue weighted by atomic mass is 9.88. The van der Waals surface area contributed by atoms with E-state index in [-0.39, 0.29) is 23.0 Å². The van der Waals surface area contributed by atoms with E-state index in [4.69, 9.17) is 4.74 Å². The molecule has 4 heteroatoms. The smallest absolute Gasteiger partial charge is 0.230 e. The molecule has 4 nitrogen and oxygen atoms in total. The molecule has 0 heterocycles. The summed E-state index contributed by atoms with van der Waals surface area (Å²) in [6.45, 7) is 7.68. The van der Waals surface area contributed by atoms with Crippen molar-refractivity contribution >= 4 is 10.8 Å². The number of benzene rings is 2. The predicted molar refractivity (Wildman–Crippen MR) is 88.6 cm³/mol. The summed E-state index contributed by atoms with van der Waals surface area (Å²) in [4.78, 5) is 10.6. The van der Waals surface area contributed by atoms with Gasteiger partial charge < -0.3 is 4.74 Å². The third-order valence-corrected chi connectivity index (χ3v) is 3.91. The molecule has 118 valence electrons. The van der Waals surface area contributed by atoms with E-state index in [1.165, 1.54) is 0 Å². The third kappa shape index (κ3) is 3.83. The van der Waals surface area contributed by atoms with Crippen LogP contribution in [-0.2, 0) is 4.74 Å². The fraction of sp³-hybridized carbons (Fsp3) is 0.444. The summed E-state index contributed by atoms with van der Waals surface area (Å²) in [6.07, 6.45) is -0.633. The standard InChI is InChI=1S/C18H23NO3/c1-13(22-17(12-19(20)21)18(2,3)4)15-11-7-9-14-8-5-6-10-16(14)15/h5-11,13,17H,12H2,1-4H3. The second kappa shape index (κ2) is 6.44. The lowest BCUT2D eigenvalue weighted by Crippen LogP contribution is -2.36. The van der Waals surface area contributed by atoms with Crippen LogP contribution >= 0.6 is 0 Å². The quantitative estimate of drug-likeness (QED) is 0.598. The topological polar surface area (TPSA) is 52.4 Å². The van der Waals surface area contributed by atoms with Gasteiger partial charge in [0.1, 0.15) is 6.10 Å². The van der Waals surface area contributed by atoms with Crippen LogP contribution in [0.25, 0.3) is 10.8 Å². The summed E-state index contributed by atoms with van der Waals surface area (Å²) in [5, 5.41) is 13.2. The number of nitro groups is 1. The summed E-state index contributed by atoms with van der Waals surface area (Å²) < 4.78 is 6.08. The first-order valence-electron chi connectivity index (χ1n) is 7.54.